The molecule has 2 heterocycles. The highest BCUT2D eigenvalue weighted by atomic mass is 32.1. The summed E-state index contributed by atoms with van der Waals surface area (Å²) in [5, 5.41) is 7.80. The van der Waals surface area contributed by atoms with E-state index in [9.17, 15) is 9.59 Å². The van der Waals surface area contributed by atoms with Crippen molar-refractivity contribution in [2.24, 2.45) is 0 Å². The van der Waals surface area contributed by atoms with Crippen molar-refractivity contribution in [2.45, 2.75) is 25.3 Å². The van der Waals surface area contributed by atoms with Crippen molar-refractivity contribution in [1.29, 1.82) is 0 Å². The molecule has 126 valence electrons. The highest BCUT2D eigenvalue weighted by molar-refractivity contribution is 7.10. The van der Waals surface area contributed by atoms with E-state index in [2.05, 4.69) is 10.6 Å². The molecule has 0 aliphatic carbocycles. The minimum atomic E-state index is -0.190. The molecule has 0 bridgehead atoms. The maximum atomic E-state index is 12.3. The third-order valence-corrected chi connectivity index (χ3v) is 5.00. The van der Waals surface area contributed by atoms with E-state index in [1.54, 1.807) is 11.3 Å². The minimum Gasteiger partial charge on any atom is -0.342 e. The van der Waals surface area contributed by atoms with Gasteiger partial charge in [0.15, 0.2) is 0 Å². The third kappa shape index (κ3) is 4.58. The van der Waals surface area contributed by atoms with Crippen molar-refractivity contribution >= 4 is 29.0 Å². The molecule has 6 heteroatoms. The van der Waals surface area contributed by atoms with Crippen LogP contribution in [0.3, 0.4) is 0 Å². The lowest BCUT2D eigenvalue weighted by Gasteiger charge is -2.32. The number of nitrogens with one attached hydrogen (secondary N) is 2. The number of nitrogens with zero attached hydrogens (tertiary/aromatic N) is 1. The lowest BCUT2D eigenvalue weighted by molar-refractivity contribution is -0.131. The van der Waals surface area contributed by atoms with E-state index in [1.165, 1.54) is 0 Å². The summed E-state index contributed by atoms with van der Waals surface area (Å²) in [4.78, 5) is 27.3. The fraction of sp³-hybridized carbons (Fsp3) is 0.333. The summed E-state index contributed by atoms with van der Waals surface area (Å²) in [5.41, 5.74) is 0.776. The second-order valence-electron chi connectivity index (χ2n) is 5.88. The molecule has 0 atom stereocenters. The van der Waals surface area contributed by atoms with E-state index >= 15 is 0 Å². The van der Waals surface area contributed by atoms with Crippen LogP contribution in [-0.4, -0.2) is 36.0 Å². The van der Waals surface area contributed by atoms with Gasteiger partial charge in [0.05, 0.1) is 6.42 Å². The standard InChI is InChI=1S/C18H21N3O2S/c22-17(13-16-7-4-12-24-16)21-10-8-15(9-11-21)20-18(23)19-14-5-2-1-3-6-14/h1-7,12,15H,8-11,13H2,(H2,19,20,23). The molecule has 5 nitrogen and oxygen atoms in total. The Morgan fingerprint density at radius 1 is 1.08 bits per heavy atom. The number of anilines is 1. The molecule has 24 heavy (non-hydrogen) atoms. The number of benzene rings is 1. The van der Waals surface area contributed by atoms with E-state index in [0.29, 0.717) is 19.5 Å². The number of amides is 3. The Hall–Kier alpha value is -2.34. The first-order valence-electron chi connectivity index (χ1n) is 8.13. The van der Waals surface area contributed by atoms with Gasteiger partial charge in [0, 0.05) is 29.7 Å². The Kier molecular flexibility index (Phi) is 5.48. The molecule has 1 aromatic heterocycles. The Morgan fingerprint density at radius 2 is 1.83 bits per heavy atom. The summed E-state index contributed by atoms with van der Waals surface area (Å²) < 4.78 is 0. The van der Waals surface area contributed by atoms with E-state index < -0.39 is 0 Å². The van der Waals surface area contributed by atoms with Crippen LogP contribution in [0.25, 0.3) is 0 Å². The Labute approximate surface area is 145 Å². The molecule has 0 saturated carbocycles. The minimum absolute atomic E-state index is 0.111. The molecule has 2 N–H and O–H groups in total. The molecule has 2 aromatic rings. The number of carbonyl (C=O) groups is 2. The van der Waals surface area contributed by atoms with Crippen LogP contribution in [0.2, 0.25) is 0 Å². The number of hydrogen-bond donors (Lipinski definition) is 2. The molecule has 1 fully saturated rings. The van der Waals surface area contributed by atoms with Gasteiger partial charge in [0.25, 0.3) is 0 Å². The second-order valence-corrected chi connectivity index (χ2v) is 6.91. The van der Waals surface area contributed by atoms with Crippen molar-refractivity contribution in [3.05, 3.63) is 52.7 Å². The average Bonchev–Trinajstić information content (AvgIpc) is 3.09. The van der Waals surface area contributed by atoms with Gasteiger partial charge in [-0.2, -0.15) is 0 Å². The van der Waals surface area contributed by atoms with Crippen molar-refractivity contribution in [2.75, 3.05) is 18.4 Å². The first-order chi connectivity index (χ1) is 11.7. The van der Waals surface area contributed by atoms with Gasteiger partial charge in [0.1, 0.15) is 0 Å². The highest BCUT2D eigenvalue weighted by Crippen LogP contribution is 2.15. The smallest absolute Gasteiger partial charge is 0.319 e. The molecule has 1 aliphatic rings. The van der Waals surface area contributed by atoms with Crippen LogP contribution >= 0.6 is 11.3 Å². The number of carbonyl (C=O) groups excluding carboxylic acids is 2. The number of urea groups is 1. The average molecular weight is 343 g/mol. The lowest BCUT2D eigenvalue weighted by Crippen LogP contribution is -2.47. The van der Waals surface area contributed by atoms with Crippen molar-refractivity contribution in [1.82, 2.24) is 10.2 Å². The zero-order valence-electron chi connectivity index (χ0n) is 13.4. The van der Waals surface area contributed by atoms with Gasteiger partial charge >= 0.3 is 6.03 Å². The molecule has 1 aromatic carbocycles. The van der Waals surface area contributed by atoms with E-state index in [1.807, 2.05) is 52.7 Å². The van der Waals surface area contributed by atoms with Gasteiger partial charge in [0.2, 0.25) is 5.91 Å². The van der Waals surface area contributed by atoms with Gasteiger partial charge in [-0.3, -0.25) is 4.79 Å². The Morgan fingerprint density at radius 3 is 2.50 bits per heavy atom. The molecule has 3 rings (SSSR count). The predicted octanol–water partition coefficient (Wildman–Crippen LogP) is 3.10. The summed E-state index contributed by atoms with van der Waals surface area (Å²) in [6.07, 6.45) is 2.06. The van der Waals surface area contributed by atoms with Gasteiger partial charge < -0.3 is 15.5 Å². The van der Waals surface area contributed by atoms with Crippen LogP contribution in [0.5, 0.6) is 0 Å². The van der Waals surface area contributed by atoms with Gasteiger partial charge in [-0.05, 0) is 36.4 Å². The van der Waals surface area contributed by atoms with Crippen molar-refractivity contribution in [3.63, 3.8) is 0 Å². The quantitative estimate of drug-likeness (QED) is 0.896. The van der Waals surface area contributed by atoms with Crippen LogP contribution in [0, 0.1) is 0 Å². The predicted molar refractivity (Wildman–Crippen MR) is 96.2 cm³/mol. The van der Waals surface area contributed by atoms with E-state index in [4.69, 9.17) is 0 Å². The summed E-state index contributed by atoms with van der Waals surface area (Å²) >= 11 is 1.61. The summed E-state index contributed by atoms with van der Waals surface area (Å²) in [7, 11) is 0. The lowest BCUT2D eigenvalue weighted by atomic mass is 10.0. The maximum absolute atomic E-state index is 12.3. The summed E-state index contributed by atoms with van der Waals surface area (Å²) in [6.45, 7) is 1.39. The van der Waals surface area contributed by atoms with Gasteiger partial charge in [-0.15, -0.1) is 11.3 Å². The largest absolute Gasteiger partial charge is 0.342 e. The summed E-state index contributed by atoms with van der Waals surface area (Å²) in [6, 6.07) is 13.3. The highest BCUT2D eigenvalue weighted by Gasteiger charge is 2.24. The van der Waals surface area contributed by atoms with Crippen LogP contribution in [-0.2, 0) is 11.2 Å². The number of likely N-dealkylation sites (tertiary alicyclic amines) is 1. The maximum Gasteiger partial charge on any atom is 0.319 e. The van der Waals surface area contributed by atoms with E-state index in [0.717, 1.165) is 23.4 Å². The first-order valence-corrected chi connectivity index (χ1v) is 9.01. The molecular formula is C18H21N3O2S. The van der Waals surface area contributed by atoms with Crippen LogP contribution in [0.4, 0.5) is 10.5 Å². The Balaban J connectivity index is 1.41. The topological polar surface area (TPSA) is 61.4 Å². The number of rotatable bonds is 4. The third-order valence-electron chi connectivity index (χ3n) is 4.12. The van der Waals surface area contributed by atoms with Gasteiger partial charge in [-0.25, -0.2) is 4.79 Å². The number of piperidine rings is 1. The molecule has 1 aliphatic heterocycles. The Bertz CT molecular complexity index is 665. The normalized spacial score (nSPS) is 15.1. The van der Waals surface area contributed by atoms with Crippen LogP contribution in [0.1, 0.15) is 17.7 Å². The zero-order chi connectivity index (χ0) is 16.8. The monoisotopic (exact) mass is 343 g/mol. The molecule has 1 saturated heterocycles. The van der Waals surface area contributed by atoms with Gasteiger partial charge in [-0.1, -0.05) is 24.3 Å². The number of para-hydroxylation sites is 1. The van der Waals surface area contributed by atoms with Crippen molar-refractivity contribution in [3.8, 4) is 0 Å². The van der Waals surface area contributed by atoms with Crippen LogP contribution < -0.4 is 10.6 Å². The summed E-state index contributed by atoms with van der Waals surface area (Å²) in [5.74, 6) is 0.171. The van der Waals surface area contributed by atoms with Crippen LogP contribution in [0.15, 0.2) is 47.8 Å². The molecular weight excluding hydrogens is 322 g/mol. The number of hydrogen-bond acceptors (Lipinski definition) is 3. The molecule has 3 amide bonds. The molecule has 0 unspecified atom stereocenters. The fourth-order valence-corrected chi connectivity index (χ4v) is 3.52. The first kappa shape index (κ1) is 16.5. The fourth-order valence-electron chi connectivity index (χ4n) is 2.82. The molecule has 0 radical (unpaired) electrons. The van der Waals surface area contributed by atoms with E-state index in [-0.39, 0.29) is 18.0 Å². The SMILES string of the molecule is O=C(Nc1ccccc1)NC1CCN(C(=O)Cc2cccs2)CC1. The molecule has 0 spiro atoms. The second kappa shape index (κ2) is 7.97. The zero-order valence-corrected chi connectivity index (χ0v) is 14.2. The number of thiophene rings is 1. The van der Waals surface area contributed by atoms with Crippen molar-refractivity contribution < 1.29 is 9.59 Å².